The zero-order valence-corrected chi connectivity index (χ0v) is 20.4. The Balaban J connectivity index is 1.45. The molecule has 6 heteroatoms. The second kappa shape index (κ2) is 8.93. The van der Waals surface area contributed by atoms with Crippen LogP contribution in [-0.2, 0) is 17.9 Å². The normalized spacial score (nSPS) is 17.4. The Morgan fingerprint density at radius 1 is 1.09 bits per heavy atom. The molecule has 3 aromatic rings. The number of benzene rings is 1. The van der Waals surface area contributed by atoms with E-state index in [1.54, 1.807) is 6.08 Å². The first-order valence-electron chi connectivity index (χ1n) is 12.5. The number of fused-ring (bicyclic) bond motifs is 1. The molecule has 1 aliphatic heterocycles. The van der Waals surface area contributed by atoms with E-state index in [0.29, 0.717) is 19.0 Å². The van der Waals surface area contributed by atoms with Gasteiger partial charge in [-0.2, -0.15) is 5.10 Å². The van der Waals surface area contributed by atoms with E-state index in [0.717, 1.165) is 53.2 Å². The molecule has 2 saturated carbocycles. The summed E-state index contributed by atoms with van der Waals surface area (Å²) in [6.07, 6.45) is 12.0. The second-order valence-corrected chi connectivity index (χ2v) is 10.1. The molecule has 2 fully saturated rings. The van der Waals surface area contributed by atoms with Crippen molar-refractivity contribution in [2.45, 2.75) is 44.7 Å². The Bertz CT molecular complexity index is 1320. The maximum atomic E-state index is 13.3. The standard InChI is InChI=1S/C29H31N5O/c1-32(2)16-4-7-27(35)33-18-26-28(22-12-14-30-15-13-22)29(31-34(26)19-25(33)21-10-11-21)24-6-3-5-23(17-24)20-8-9-20/h3-7,12-15,17,20H,8-11,16,18-19H2,1-2H3/b7-4+. The number of pyridine rings is 1. The van der Waals surface area contributed by atoms with Crippen LogP contribution in [0.25, 0.3) is 22.4 Å². The average molecular weight is 466 g/mol. The Morgan fingerprint density at radius 3 is 2.60 bits per heavy atom. The van der Waals surface area contributed by atoms with Crippen molar-refractivity contribution in [1.29, 1.82) is 0 Å². The molecule has 178 valence electrons. The highest BCUT2D eigenvalue weighted by Crippen LogP contribution is 2.44. The topological polar surface area (TPSA) is 54.3 Å². The molecule has 3 aliphatic rings. The summed E-state index contributed by atoms with van der Waals surface area (Å²) in [7, 11) is 4.01. The zero-order valence-electron chi connectivity index (χ0n) is 20.4. The van der Waals surface area contributed by atoms with Gasteiger partial charge in [0, 0.05) is 41.8 Å². The second-order valence-electron chi connectivity index (χ2n) is 10.1. The number of nitrogens with zero attached hydrogens (tertiary/aromatic N) is 5. The minimum absolute atomic E-state index is 0.0478. The molecular formula is C29H31N5O. The Morgan fingerprint density at radius 2 is 1.89 bits per heavy atom. The summed E-state index contributed by atoms with van der Waals surface area (Å²) in [6, 6.07) is 13.0. The van der Waals surface area contributed by atoms with Crippen LogP contribution in [0.2, 0.25) is 0 Å². The van der Waals surface area contributed by atoms with Crippen LogP contribution >= 0.6 is 0 Å². The van der Waals surface area contributed by atoms with Gasteiger partial charge in [0.25, 0.3) is 5.91 Å². The largest absolute Gasteiger partial charge is 0.306 e. The fourth-order valence-electron chi connectivity index (χ4n) is 4.96. The molecule has 0 bridgehead atoms. The first kappa shape index (κ1) is 22.0. The molecule has 2 aromatic heterocycles. The number of aromatic nitrogens is 3. The van der Waals surface area contributed by atoms with E-state index in [1.165, 1.54) is 24.0 Å². The number of likely N-dealkylation sites (N-methyl/N-ethyl adjacent to an activating group) is 1. The molecular weight excluding hydrogens is 434 g/mol. The van der Waals surface area contributed by atoms with Gasteiger partial charge >= 0.3 is 0 Å². The van der Waals surface area contributed by atoms with Crippen LogP contribution in [0.15, 0.2) is 72.2 Å². The van der Waals surface area contributed by atoms with Crippen LogP contribution < -0.4 is 0 Å². The van der Waals surface area contributed by atoms with Gasteiger partial charge in [-0.3, -0.25) is 14.5 Å². The molecule has 0 unspecified atom stereocenters. The molecule has 2 aliphatic carbocycles. The zero-order chi connectivity index (χ0) is 23.9. The van der Waals surface area contributed by atoms with E-state index in [2.05, 4.69) is 38.8 Å². The minimum Gasteiger partial charge on any atom is -0.306 e. The number of hydrogen-bond donors (Lipinski definition) is 0. The van der Waals surface area contributed by atoms with Gasteiger partial charge in [-0.1, -0.05) is 24.3 Å². The van der Waals surface area contributed by atoms with Gasteiger partial charge in [0.1, 0.15) is 5.69 Å². The molecule has 35 heavy (non-hydrogen) atoms. The lowest BCUT2D eigenvalue weighted by Gasteiger charge is -2.30. The van der Waals surface area contributed by atoms with E-state index in [4.69, 9.17) is 5.10 Å². The number of rotatable bonds is 6. The van der Waals surface area contributed by atoms with Gasteiger partial charge in [0.2, 0.25) is 0 Å². The van der Waals surface area contributed by atoms with Crippen molar-refractivity contribution in [2.75, 3.05) is 20.6 Å². The maximum Gasteiger partial charge on any atom is 0.250 e. The van der Waals surface area contributed by atoms with Gasteiger partial charge in [0.15, 0.2) is 0 Å². The number of allylic oxidation sites excluding steroid dienone is 2. The SMILES string of the molecule is CN(C)C/C=C/C(=O)N1Cc2c(-c3ccncc3)c(-c3cccc(C4CC4)c3)nn2CC1=C1CC1. The third-order valence-corrected chi connectivity index (χ3v) is 7.07. The Hall–Kier alpha value is -3.51. The summed E-state index contributed by atoms with van der Waals surface area (Å²) in [5.74, 6) is 0.733. The van der Waals surface area contributed by atoms with E-state index in [9.17, 15) is 4.79 Å². The molecule has 0 saturated heterocycles. The fraction of sp³-hybridized carbons (Fsp3) is 0.345. The van der Waals surface area contributed by atoms with E-state index < -0.39 is 0 Å². The third-order valence-electron chi connectivity index (χ3n) is 7.07. The summed E-state index contributed by atoms with van der Waals surface area (Å²) in [5, 5.41) is 5.16. The molecule has 6 nitrogen and oxygen atoms in total. The van der Waals surface area contributed by atoms with Crippen LogP contribution in [0.1, 0.15) is 42.9 Å². The number of amides is 1. The highest BCUT2D eigenvalue weighted by atomic mass is 16.2. The molecule has 0 N–H and O–H groups in total. The van der Waals surface area contributed by atoms with Crippen LogP contribution in [-0.4, -0.2) is 51.1 Å². The number of hydrogen-bond acceptors (Lipinski definition) is 4. The minimum atomic E-state index is 0.0478. The van der Waals surface area contributed by atoms with Crippen molar-refractivity contribution in [3.05, 3.63) is 83.5 Å². The van der Waals surface area contributed by atoms with Gasteiger partial charge in [0.05, 0.1) is 18.8 Å². The average Bonchev–Trinajstić information content (AvgIpc) is 3.79. The van der Waals surface area contributed by atoms with Crippen molar-refractivity contribution in [2.24, 2.45) is 0 Å². The predicted octanol–water partition coefficient (Wildman–Crippen LogP) is 5.00. The number of carbonyl (C=O) groups excluding carboxylic acids is 1. The monoisotopic (exact) mass is 465 g/mol. The predicted molar refractivity (Wildman–Crippen MR) is 137 cm³/mol. The summed E-state index contributed by atoms with van der Waals surface area (Å²) in [4.78, 5) is 21.6. The highest BCUT2D eigenvalue weighted by Gasteiger charge is 2.34. The molecule has 6 rings (SSSR count). The highest BCUT2D eigenvalue weighted by molar-refractivity contribution is 5.90. The van der Waals surface area contributed by atoms with Crippen molar-refractivity contribution in [3.8, 4) is 22.4 Å². The molecule has 1 amide bonds. The quantitative estimate of drug-likeness (QED) is 0.481. The van der Waals surface area contributed by atoms with Crippen LogP contribution in [0, 0.1) is 0 Å². The van der Waals surface area contributed by atoms with E-state index in [-0.39, 0.29) is 5.91 Å². The van der Waals surface area contributed by atoms with Crippen molar-refractivity contribution in [1.82, 2.24) is 24.6 Å². The molecule has 0 radical (unpaired) electrons. The Labute approximate surface area is 206 Å². The maximum absolute atomic E-state index is 13.3. The van der Waals surface area contributed by atoms with Crippen LogP contribution in [0.3, 0.4) is 0 Å². The van der Waals surface area contributed by atoms with Crippen LogP contribution in [0.5, 0.6) is 0 Å². The fourth-order valence-corrected chi connectivity index (χ4v) is 4.96. The van der Waals surface area contributed by atoms with E-state index >= 15 is 0 Å². The van der Waals surface area contributed by atoms with E-state index in [1.807, 2.05) is 49.6 Å². The van der Waals surface area contributed by atoms with Gasteiger partial charge < -0.3 is 9.80 Å². The summed E-state index contributed by atoms with van der Waals surface area (Å²) in [6.45, 7) is 1.91. The molecule has 0 spiro atoms. The molecule has 0 atom stereocenters. The number of carbonyl (C=O) groups is 1. The van der Waals surface area contributed by atoms with Crippen molar-refractivity contribution >= 4 is 5.91 Å². The smallest absolute Gasteiger partial charge is 0.250 e. The lowest BCUT2D eigenvalue weighted by Crippen LogP contribution is -2.36. The van der Waals surface area contributed by atoms with Gasteiger partial charge in [-0.15, -0.1) is 0 Å². The first-order valence-corrected chi connectivity index (χ1v) is 12.5. The lowest BCUT2D eigenvalue weighted by atomic mass is 9.97. The van der Waals surface area contributed by atoms with Crippen LogP contribution in [0.4, 0.5) is 0 Å². The lowest BCUT2D eigenvalue weighted by molar-refractivity contribution is -0.125. The summed E-state index contributed by atoms with van der Waals surface area (Å²) < 4.78 is 2.13. The third kappa shape index (κ3) is 4.46. The molecule has 3 heterocycles. The van der Waals surface area contributed by atoms with Crippen molar-refractivity contribution < 1.29 is 4.79 Å². The molecule has 1 aromatic carbocycles. The van der Waals surface area contributed by atoms with Gasteiger partial charge in [-0.25, -0.2) is 0 Å². The first-order chi connectivity index (χ1) is 17.1. The summed E-state index contributed by atoms with van der Waals surface area (Å²) >= 11 is 0. The van der Waals surface area contributed by atoms with Crippen molar-refractivity contribution in [3.63, 3.8) is 0 Å². The summed E-state index contributed by atoms with van der Waals surface area (Å²) in [5.41, 5.74) is 9.32. The Kier molecular flexibility index (Phi) is 5.61. The van der Waals surface area contributed by atoms with Gasteiger partial charge in [-0.05, 0) is 80.6 Å².